The summed E-state index contributed by atoms with van der Waals surface area (Å²) in [5.41, 5.74) is 6.82. The first-order valence-electron chi connectivity index (χ1n) is 6.41. The van der Waals surface area contributed by atoms with Gasteiger partial charge < -0.3 is 20.7 Å². The fourth-order valence-electron chi connectivity index (χ4n) is 1.90. The fourth-order valence-corrected chi connectivity index (χ4v) is 1.90. The minimum absolute atomic E-state index is 0.0690. The minimum atomic E-state index is -0.136. The second kappa shape index (κ2) is 6.99. The summed E-state index contributed by atoms with van der Waals surface area (Å²) in [5.74, 6) is 0.482. The summed E-state index contributed by atoms with van der Waals surface area (Å²) in [6, 6.07) is 5.14. The zero-order valence-electron chi connectivity index (χ0n) is 12.1. The van der Waals surface area contributed by atoms with Gasteiger partial charge in [-0.3, -0.25) is 4.79 Å². The fraction of sp³-hybridized carbons (Fsp3) is 0.500. The summed E-state index contributed by atoms with van der Waals surface area (Å²) in [5, 5.41) is 2.93. The van der Waals surface area contributed by atoms with Gasteiger partial charge in [0.1, 0.15) is 5.75 Å². The number of benzene rings is 1. The average Bonchev–Trinajstić information content (AvgIpc) is 2.27. The Hall–Kier alpha value is -1.75. The van der Waals surface area contributed by atoms with Crippen LogP contribution in [0, 0.1) is 0 Å². The molecule has 1 amide bonds. The molecule has 1 atom stereocenters. The molecule has 0 spiro atoms. The van der Waals surface area contributed by atoms with Crippen LogP contribution in [0.1, 0.15) is 24.2 Å². The summed E-state index contributed by atoms with van der Waals surface area (Å²) >= 11 is 0. The highest BCUT2D eigenvalue weighted by atomic mass is 16.5. The lowest BCUT2D eigenvalue weighted by molar-refractivity contribution is 0.0934. The standard InChI is InChI=1S/C14H23N3O2/c1-5-19-13-7-11(6-12(15)8-13)14(18)16-10(2)9-17(3)4/h6-8,10H,5,9,15H2,1-4H3,(H,16,18). The lowest BCUT2D eigenvalue weighted by atomic mass is 10.1. The van der Waals surface area contributed by atoms with Crippen LogP contribution < -0.4 is 15.8 Å². The van der Waals surface area contributed by atoms with Crippen molar-refractivity contribution in [2.75, 3.05) is 33.0 Å². The maximum absolute atomic E-state index is 12.1. The van der Waals surface area contributed by atoms with Gasteiger partial charge in [-0.25, -0.2) is 0 Å². The van der Waals surface area contributed by atoms with Gasteiger partial charge in [-0.2, -0.15) is 0 Å². The van der Waals surface area contributed by atoms with Crippen LogP contribution in [0.3, 0.4) is 0 Å². The quantitative estimate of drug-likeness (QED) is 0.762. The molecule has 106 valence electrons. The monoisotopic (exact) mass is 265 g/mol. The van der Waals surface area contributed by atoms with E-state index in [-0.39, 0.29) is 11.9 Å². The number of hydrogen-bond donors (Lipinski definition) is 2. The summed E-state index contributed by atoms with van der Waals surface area (Å²) in [6.45, 7) is 5.18. The number of anilines is 1. The largest absolute Gasteiger partial charge is 0.494 e. The Kier molecular flexibility index (Phi) is 5.63. The number of nitrogens with two attached hydrogens (primary N) is 1. The third-order valence-corrected chi connectivity index (χ3v) is 2.52. The molecule has 1 rings (SSSR count). The molecule has 0 saturated heterocycles. The van der Waals surface area contributed by atoms with Crippen molar-refractivity contribution in [2.24, 2.45) is 0 Å². The highest BCUT2D eigenvalue weighted by Gasteiger charge is 2.12. The normalized spacial score (nSPS) is 12.3. The van der Waals surface area contributed by atoms with Crippen molar-refractivity contribution in [1.82, 2.24) is 10.2 Å². The van der Waals surface area contributed by atoms with Crippen molar-refractivity contribution in [3.8, 4) is 5.75 Å². The van der Waals surface area contributed by atoms with E-state index in [9.17, 15) is 4.79 Å². The van der Waals surface area contributed by atoms with Crippen molar-refractivity contribution in [3.05, 3.63) is 23.8 Å². The van der Waals surface area contributed by atoms with Gasteiger partial charge in [-0.1, -0.05) is 0 Å². The number of nitrogens with zero attached hydrogens (tertiary/aromatic N) is 1. The molecule has 0 aliphatic heterocycles. The van der Waals surface area contributed by atoms with Crippen LogP contribution in [-0.2, 0) is 0 Å². The molecule has 0 aliphatic rings. The predicted octanol–water partition coefficient (Wildman–Crippen LogP) is 1.35. The lowest BCUT2D eigenvalue weighted by Gasteiger charge is -2.18. The summed E-state index contributed by atoms with van der Waals surface area (Å²) in [7, 11) is 3.94. The molecule has 0 aromatic heterocycles. The molecule has 0 heterocycles. The molecule has 0 radical (unpaired) electrons. The third-order valence-electron chi connectivity index (χ3n) is 2.52. The first-order valence-corrected chi connectivity index (χ1v) is 6.41. The Balaban J connectivity index is 2.76. The van der Waals surface area contributed by atoms with Gasteiger partial charge in [-0.15, -0.1) is 0 Å². The van der Waals surface area contributed by atoms with E-state index in [2.05, 4.69) is 5.32 Å². The van der Waals surface area contributed by atoms with Gasteiger partial charge in [0, 0.05) is 29.9 Å². The number of carbonyl (C=O) groups is 1. The minimum Gasteiger partial charge on any atom is -0.494 e. The maximum Gasteiger partial charge on any atom is 0.251 e. The van der Waals surface area contributed by atoms with Crippen molar-refractivity contribution in [2.45, 2.75) is 19.9 Å². The second-order valence-electron chi connectivity index (χ2n) is 4.86. The molecule has 5 nitrogen and oxygen atoms in total. The predicted molar refractivity (Wildman–Crippen MR) is 77.5 cm³/mol. The summed E-state index contributed by atoms with van der Waals surface area (Å²) in [4.78, 5) is 14.1. The highest BCUT2D eigenvalue weighted by molar-refractivity contribution is 5.95. The van der Waals surface area contributed by atoms with Gasteiger partial charge in [0.25, 0.3) is 5.91 Å². The number of amides is 1. The SMILES string of the molecule is CCOc1cc(N)cc(C(=O)NC(C)CN(C)C)c1. The van der Waals surface area contributed by atoms with Gasteiger partial charge in [-0.05, 0) is 40.1 Å². The number of ether oxygens (including phenoxy) is 1. The van der Waals surface area contributed by atoms with Crippen LogP contribution >= 0.6 is 0 Å². The van der Waals surface area contributed by atoms with Gasteiger partial charge in [0.15, 0.2) is 0 Å². The van der Waals surface area contributed by atoms with E-state index in [4.69, 9.17) is 10.5 Å². The van der Waals surface area contributed by atoms with Crippen molar-refractivity contribution >= 4 is 11.6 Å². The smallest absolute Gasteiger partial charge is 0.251 e. The molecule has 1 aromatic rings. The number of rotatable bonds is 6. The van der Waals surface area contributed by atoms with E-state index in [1.54, 1.807) is 18.2 Å². The topological polar surface area (TPSA) is 67.6 Å². The Labute approximate surface area is 114 Å². The van der Waals surface area contributed by atoms with Crippen LogP contribution in [0.4, 0.5) is 5.69 Å². The maximum atomic E-state index is 12.1. The molecule has 0 aliphatic carbocycles. The molecule has 19 heavy (non-hydrogen) atoms. The lowest BCUT2D eigenvalue weighted by Crippen LogP contribution is -2.39. The Morgan fingerprint density at radius 1 is 1.42 bits per heavy atom. The Morgan fingerprint density at radius 3 is 2.68 bits per heavy atom. The molecular formula is C14H23N3O2. The molecular weight excluding hydrogens is 242 g/mol. The Bertz CT molecular complexity index is 433. The molecule has 0 bridgehead atoms. The average molecular weight is 265 g/mol. The van der Waals surface area contributed by atoms with Gasteiger partial charge in [0.05, 0.1) is 6.61 Å². The van der Waals surface area contributed by atoms with Crippen LogP contribution in [0.25, 0.3) is 0 Å². The number of likely N-dealkylation sites (N-methyl/N-ethyl adjacent to an activating group) is 1. The molecule has 1 unspecified atom stereocenters. The van der Waals surface area contributed by atoms with Crippen molar-refractivity contribution < 1.29 is 9.53 Å². The van der Waals surface area contributed by atoms with Crippen LogP contribution in [0.5, 0.6) is 5.75 Å². The first kappa shape index (κ1) is 15.3. The van der Waals surface area contributed by atoms with Crippen molar-refractivity contribution in [3.63, 3.8) is 0 Å². The van der Waals surface area contributed by atoms with Crippen LogP contribution in [-0.4, -0.2) is 44.1 Å². The zero-order valence-corrected chi connectivity index (χ0v) is 12.1. The van der Waals surface area contributed by atoms with Crippen molar-refractivity contribution in [1.29, 1.82) is 0 Å². The first-order chi connectivity index (χ1) is 8.92. The second-order valence-corrected chi connectivity index (χ2v) is 4.86. The number of nitrogen functional groups attached to an aromatic ring is 1. The van der Waals surface area contributed by atoms with E-state index in [1.807, 2.05) is 32.8 Å². The van der Waals surface area contributed by atoms with Crippen LogP contribution in [0.15, 0.2) is 18.2 Å². The molecule has 0 fully saturated rings. The number of nitrogens with one attached hydrogen (secondary N) is 1. The third kappa shape index (κ3) is 5.18. The van der Waals surface area contributed by atoms with E-state index >= 15 is 0 Å². The Morgan fingerprint density at radius 2 is 2.11 bits per heavy atom. The van der Waals surface area contributed by atoms with Gasteiger partial charge in [0.2, 0.25) is 0 Å². The summed E-state index contributed by atoms with van der Waals surface area (Å²) < 4.78 is 5.38. The molecule has 3 N–H and O–H groups in total. The van der Waals surface area contributed by atoms with Crippen LogP contribution in [0.2, 0.25) is 0 Å². The van der Waals surface area contributed by atoms with E-state index in [1.165, 1.54) is 0 Å². The highest BCUT2D eigenvalue weighted by Crippen LogP contribution is 2.19. The number of carbonyl (C=O) groups excluding carboxylic acids is 1. The van der Waals surface area contributed by atoms with Gasteiger partial charge >= 0.3 is 0 Å². The molecule has 5 heteroatoms. The van der Waals surface area contributed by atoms with E-state index in [0.29, 0.717) is 23.6 Å². The molecule has 1 aromatic carbocycles. The van der Waals surface area contributed by atoms with E-state index < -0.39 is 0 Å². The number of hydrogen-bond acceptors (Lipinski definition) is 4. The zero-order chi connectivity index (χ0) is 14.4. The molecule has 0 saturated carbocycles. The van der Waals surface area contributed by atoms with E-state index in [0.717, 1.165) is 6.54 Å². The summed E-state index contributed by atoms with van der Waals surface area (Å²) in [6.07, 6.45) is 0.